The number of benzene rings is 3. The van der Waals surface area contributed by atoms with Crippen LogP contribution >= 0.6 is 11.6 Å². The Morgan fingerprint density at radius 2 is 1.82 bits per heavy atom. The van der Waals surface area contributed by atoms with E-state index in [0.29, 0.717) is 22.2 Å². The van der Waals surface area contributed by atoms with Crippen LogP contribution in [-0.4, -0.2) is 47.2 Å². The molecule has 1 saturated heterocycles. The molecule has 2 unspecified atom stereocenters. The molecular formula is C30H29ClFN5O3. The smallest absolute Gasteiger partial charge is 0.322 e. The van der Waals surface area contributed by atoms with Crippen LogP contribution in [-0.2, 0) is 4.79 Å². The number of likely N-dealkylation sites (tertiary alicyclic amines) is 1. The lowest BCUT2D eigenvalue weighted by Crippen LogP contribution is -2.45. The molecule has 5 rings (SSSR count). The first-order chi connectivity index (χ1) is 19.3. The maximum atomic E-state index is 14.9. The summed E-state index contributed by atoms with van der Waals surface area (Å²) in [5.74, 6) is -0.646. The Morgan fingerprint density at radius 1 is 1.07 bits per heavy atom. The summed E-state index contributed by atoms with van der Waals surface area (Å²) in [6.07, 6.45) is 1.43. The van der Waals surface area contributed by atoms with Gasteiger partial charge in [0.2, 0.25) is 5.91 Å². The number of nitrogens with one attached hydrogen (secondary N) is 3. The number of aliphatic hydroxyl groups excluding tert-OH is 1. The van der Waals surface area contributed by atoms with Crippen molar-refractivity contribution in [3.05, 3.63) is 94.3 Å². The molecular weight excluding hydrogens is 533 g/mol. The van der Waals surface area contributed by atoms with Crippen molar-refractivity contribution in [1.82, 2.24) is 10.2 Å². The first kappa shape index (κ1) is 27.6. The second-order valence-electron chi connectivity index (χ2n) is 10.2. The van der Waals surface area contributed by atoms with Crippen LogP contribution in [0.25, 0.3) is 0 Å². The summed E-state index contributed by atoms with van der Waals surface area (Å²) in [5, 5.41) is 29.0. The fourth-order valence-electron chi connectivity index (χ4n) is 4.87. The van der Waals surface area contributed by atoms with E-state index in [1.165, 1.54) is 11.0 Å². The van der Waals surface area contributed by atoms with Crippen LogP contribution < -0.4 is 16.0 Å². The molecule has 10 heteroatoms. The third kappa shape index (κ3) is 6.59. The van der Waals surface area contributed by atoms with Crippen LogP contribution in [0.15, 0.2) is 66.7 Å². The van der Waals surface area contributed by atoms with Gasteiger partial charge in [-0.2, -0.15) is 5.26 Å². The zero-order valence-corrected chi connectivity index (χ0v) is 22.4. The zero-order chi connectivity index (χ0) is 28.2. The van der Waals surface area contributed by atoms with Gasteiger partial charge < -0.3 is 26.0 Å². The number of aliphatic hydroxyl groups is 1. The summed E-state index contributed by atoms with van der Waals surface area (Å²) in [6.45, 7) is 0.737. The lowest BCUT2D eigenvalue weighted by atomic mass is 9.96. The number of carbonyl (C=O) groups excluding carboxylic acids is 2. The first-order valence-corrected chi connectivity index (χ1v) is 13.5. The Morgan fingerprint density at radius 3 is 2.55 bits per heavy atom. The molecule has 3 amide bonds. The third-order valence-corrected chi connectivity index (χ3v) is 7.43. The minimum Gasteiger partial charge on any atom is -0.391 e. The second-order valence-corrected chi connectivity index (χ2v) is 10.7. The summed E-state index contributed by atoms with van der Waals surface area (Å²) < 4.78 is 14.9. The Kier molecular flexibility index (Phi) is 8.31. The van der Waals surface area contributed by atoms with Crippen molar-refractivity contribution in [2.75, 3.05) is 23.7 Å². The Labute approximate surface area is 236 Å². The van der Waals surface area contributed by atoms with Gasteiger partial charge in [-0.1, -0.05) is 29.8 Å². The van der Waals surface area contributed by atoms with E-state index >= 15 is 0 Å². The van der Waals surface area contributed by atoms with Crippen LogP contribution in [0.3, 0.4) is 0 Å². The first-order valence-electron chi connectivity index (χ1n) is 13.2. The van der Waals surface area contributed by atoms with Crippen molar-refractivity contribution >= 4 is 34.9 Å². The minimum absolute atomic E-state index is 0.0215. The highest BCUT2D eigenvalue weighted by atomic mass is 35.5. The maximum absolute atomic E-state index is 14.9. The number of nitrogens with zero attached hydrogens (tertiary/aromatic N) is 2. The van der Waals surface area contributed by atoms with Crippen LogP contribution in [0.2, 0.25) is 5.02 Å². The lowest BCUT2D eigenvalue weighted by molar-refractivity contribution is -0.119. The van der Waals surface area contributed by atoms with E-state index in [1.54, 1.807) is 54.6 Å². The van der Waals surface area contributed by atoms with Crippen LogP contribution in [0.4, 0.5) is 20.6 Å². The highest BCUT2D eigenvalue weighted by Gasteiger charge is 2.39. The molecule has 3 aromatic carbocycles. The number of halogens is 2. The van der Waals surface area contributed by atoms with Crippen LogP contribution in [0.1, 0.15) is 42.0 Å². The largest absolute Gasteiger partial charge is 0.391 e. The summed E-state index contributed by atoms with van der Waals surface area (Å²) in [6, 6.07) is 18.5. The monoisotopic (exact) mass is 561 g/mol. The van der Waals surface area contributed by atoms with Gasteiger partial charge in [-0.05, 0) is 85.0 Å². The molecule has 1 saturated carbocycles. The van der Waals surface area contributed by atoms with E-state index in [1.807, 2.05) is 6.07 Å². The topological polar surface area (TPSA) is 117 Å². The highest BCUT2D eigenvalue weighted by molar-refractivity contribution is 6.30. The van der Waals surface area contributed by atoms with Gasteiger partial charge >= 0.3 is 6.03 Å². The predicted octanol–water partition coefficient (Wildman–Crippen LogP) is 5.05. The number of carbonyl (C=O) groups is 2. The molecule has 0 bridgehead atoms. The average Bonchev–Trinajstić information content (AvgIpc) is 3.70. The molecule has 0 aromatic heterocycles. The van der Waals surface area contributed by atoms with Crippen molar-refractivity contribution in [2.45, 2.75) is 37.5 Å². The van der Waals surface area contributed by atoms with E-state index in [0.717, 1.165) is 30.5 Å². The number of hydrogen-bond donors (Lipinski definition) is 4. The molecule has 0 spiro atoms. The molecule has 8 nitrogen and oxygen atoms in total. The average molecular weight is 562 g/mol. The molecule has 40 heavy (non-hydrogen) atoms. The molecule has 4 N–H and O–H groups in total. The lowest BCUT2D eigenvalue weighted by Gasteiger charge is -2.25. The summed E-state index contributed by atoms with van der Waals surface area (Å²) in [7, 11) is 0. The SMILES string of the molecule is N#Cc1cccc([C@@H](NCC2CC2)c2ccc(F)c(NC(=O)C3CC(O)CN3C(=O)Nc3ccc(Cl)cc3)c2)c1. The standard InChI is InChI=1S/C30H29ClFN5O3/c31-22-7-9-23(10-8-22)35-30(40)37-17-24(38)14-27(37)29(39)36-26-13-21(6-11-25(26)32)28(34-16-18-4-5-18)20-3-1-2-19(12-20)15-33/h1-3,6-13,18,24,27-28,34,38H,4-5,14,16-17H2,(H,35,40)(H,36,39)/t24?,27?,28-/m1/s1. The summed E-state index contributed by atoms with van der Waals surface area (Å²) in [5.41, 5.74) is 2.54. The molecule has 1 aliphatic carbocycles. The molecule has 3 atom stereocenters. The van der Waals surface area contributed by atoms with Crippen molar-refractivity contribution < 1.29 is 19.1 Å². The van der Waals surface area contributed by atoms with Crippen molar-refractivity contribution in [1.29, 1.82) is 5.26 Å². The fourth-order valence-corrected chi connectivity index (χ4v) is 5.00. The fraction of sp³-hybridized carbons (Fsp3) is 0.300. The summed E-state index contributed by atoms with van der Waals surface area (Å²) >= 11 is 5.91. The van der Waals surface area contributed by atoms with Crippen LogP contribution in [0.5, 0.6) is 0 Å². The molecule has 2 aliphatic rings. The highest BCUT2D eigenvalue weighted by Crippen LogP contribution is 2.32. The van der Waals surface area contributed by atoms with Crippen molar-refractivity contribution in [2.24, 2.45) is 5.92 Å². The number of amides is 3. The van der Waals surface area contributed by atoms with Gasteiger partial charge in [0.1, 0.15) is 11.9 Å². The third-order valence-electron chi connectivity index (χ3n) is 7.18. The Bertz CT molecular complexity index is 1440. The molecule has 206 valence electrons. The molecule has 2 fully saturated rings. The van der Waals surface area contributed by atoms with Gasteiger partial charge in [0.05, 0.1) is 29.5 Å². The van der Waals surface area contributed by atoms with E-state index in [-0.39, 0.29) is 24.7 Å². The number of rotatable bonds is 8. The maximum Gasteiger partial charge on any atom is 0.322 e. The number of anilines is 2. The van der Waals surface area contributed by atoms with Gasteiger partial charge in [0, 0.05) is 23.7 Å². The van der Waals surface area contributed by atoms with Crippen molar-refractivity contribution in [3.63, 3.8) is 0 Å². The summed E-state index contributed by atoms with van der Waals surface area (Å²) in [4.78, 5) is 27.5. The van der Waals surface area contributed by atoms with E-state index in [4.69, 9.17) is 11.6 Å². The molecule has 3 aromatic rings. The normalized spacial score (nSPS) is 19.1. The van der Waals surface area contributed by atoms with Gasteiger partial charge in [0.15, 0.2) is 0 Å². The van der Waals surface area contributed by atoms with Gasteiger partial charge in [-0.15, -0.1) is 0 Å². The quantitative estimate of drug-likeness (QED) is 0.307. The van der Waals surface area contributed by atoms with Crippen molar-refractivity contribution in [3.8, 4) is 6.07 Å². The number of hydrogen-bond acceptors (Lipinski definition) is 5. The molecule has 0 radical (unpaired) electrons. The second kappa shape index (κ2) is 12.0. The minimum atomic E-state index is -0.999. The van der Waals surface area contributed by atoms with E-state index in [9.17, 15) is 24.3 Å². The number of nitriles is 1. The number of urea groups is 1. The number of β-amino-alcohol motifs (C(OH)–C–C–N with tert-alkyl or cyclic N) is 1. The molecule has 1 heterocycles. The predicted molar refractivity (Wildman–Crippen MR) is 150 cm³/mol. The van der Waals surface area contributed by atoms with E-state index < -0.39 is 29.9 Å². The molecule has 1 aliphatic heterocycles. The van der Waals surface area contributed by atoms with Gasteiger partial charge in [-0.25, -0.2) is 9.18 Å². The zero-order valence-electron chi connectivity index (χ0n) is 21.6. The Hall–Kier alpha value is -3.97. The van der Waals surface area contributed by atoms with Crippen LogP contribution in [0, 0.1) is 23.1 Å². The van der Waals surface area contributed by atoms with Gasteiger partial charge in [-0.3, -0.25) is 4.79 Å². The Balaban J connectivity index is 1.35. The van der Waals surface area contributed by atoms with Gasteiger partial charge in [0.25, 0.3) is 0 Å². The van der Waals surface area contributed by atoms with E-state index in [2.05, 4.69) is 22.0 Å².